The minimum atomic E-state index is -4.33. The first-order valence-corrected chi connectivity index (χ1v) is 12.7. The second-order valence-corrected chi connectivity index (χ2v) is 11.6. The van der Waals surface area contributed by atoms with Crippen molar-refractivity contribution in [2.45, 2.75) is 66.7 Å². The second kappa shape index (κ2) is 13.8. The monoisotopic (exact) mass is 535 g/mol. The molecule has 2 N–H and O–H groups in total. The van der Waals surface area contributed by atoms with Crippen LogP contribution in [-0.2, 0) is 46.7 Å². The Balaban J connectivity index is 2.75. The number of carbonyl (C=O) groups excluding carboxylic acids is 3. The number of phosphoric ester groups is 1. The summed E-state index contributed by atoms with van der Waals surface area (Å²) in [5.74, 6) is -0.953. The fraction of sp³-hybridized carbons (Fsp3) is 0.727. The average molecular weight is 536 g/mol. The van der Waals surface area contributed by atoms with Gasteiger partial charge in [0, 0.05) is 13.2 Å². The molecular weight excluding hydrogens is 497 g/mol. The Hall–Kier alpha value is -2.31. The number of amides is 1. The highest BCUT2D eigenvalue weighted by Crippen LogP contribution is 2.50. The first-order chi connectivity index (χ1) is 16.6. The Morgan fingerprint density at radius 1 is 1.03 bits per heavy atom. The number of amidine groups is 1. The van der Waals surface area contributed by atoms with Gasteiger partial charge >= 0.3 is 19.8 Å². The zero-order valence-corrected chi connectivity index (χ0v) is 22.8. The number of hydrogen-bond acceptors (Lipinski definition) is 11. The van der Waals surface area contributed by atoms with E-state index >= 15 is 0 Å². The van der Waals surface area contributed by atoms with Gasteiger partial charge < -0.3 is 19.9 Å². The summed E-state index contributed by atoms with van der Waals surface area (Å²) >= 11 is 0. The Bertz CT molecular complexity index is 827. The van der Waals surface area contributed by atoms with E-state index in [1.54, 1.807) is 41.5 Å². The molecule has 13 nitrogen and oxygen atoms in total. The third-order valence-corrected chi connectivity index (χ3v) is 5.97. The lowest BCUT2D eigenvalue weighted by atomic mass is 9.98. The van der Waals surface area contributed by atoms with E-state index in [0.29, 0.717) is 19.3 Å². The van der Waals surface area contributed by atoms with Gasteiger partial charge in [0.05, 0.1) is 23.5 Å². The Morgan fingerprint density at radius 3 is 2.00 bits per heavy atom. The summed E-state index contributed by atoms with van der Waals surface area (Å²) < 4.78 is 44.4. The van der Waals surface area contributed by atoms with E-state index in [9.17, 15) is 18.9 Å². The second-order valence-electron chi connectivity index (χ2n) is 9.91. The molecule has 0 radical (unpaired) electrons. The Morgan fingerprint density at radius 2 is 1.56 bits per heavy atom. The van der Waals surface area contributed by atoms with Crippen LogP contribution >= 0.6 is 7.82 Å². The highest BCUT2D eigenvalue weighted by atomic mass is 31.2. The summed E-state index contributed by atoms with van der Waals surface area (Å²) in [6.07, 6.45) is 3.26. The number of aliphatic imine (C=N–C) groups is 1. The van der Waals surface area contributed by atoms with Crippen LogP contribution in [0.2, 0.25) is 0 Å². The fourth-order valence-electron chi connectivity index (χ4n) is 2.47. The van der Waals surface area contributed by atoms with E-state index in [4.69, 9.17) is 33.5 Å². The van der Waals surface area contributed by atoms with Gasteiger partial charge in [0.25, 0.3) is 0 Å². The molecule has 1 amide bonds. The van der Waals surface area contributed by atoms with Gasteiger partial charge in [-0.25, -0.2) is 13.6 Å². The maximum absolute atomic E-state index is 13.1. The predicted molar refractivity (Wildman–Crippen MR) is 129 cm³/mol. The van der Waals surface area contributed by atoms with E-state index in [2.05, 4.69) is 4.99 Å². The summed E-state index contributed by atoms with van der Waals surface area (Å²) in [7, 11) is -2.82. The molecule has 14 heteroatoms. The number of carbonyl (C=O) groups is 3. The molecule has 0 saturated carbocycles. The number of nitrogens with zero attached hydrogens (tertiary/aromatic N) is 2. The molecule has 1 saturated heterocycles. The van der Waals surface area contributed by atoms with Crippen LogP contribution in [0.3, 0.4) is 0 Å². The van der Waals surface area contributed by atoms with Crippen LogP contribution in [0.5, 0.6) is 0 Å². The molecule has 36 heavy (non-hydrogen) atoms. The molecule has 2 unspecified atom stereocenters. The van der Waals surface area contributed by atoms with Crippen molar-refractivity contribution in [1.29, 1.82) is 0 Å². The molecule has 0 aromatic heterocycles. The topological polar surface area (TPSA) is 165 Å². The van der Waals surface area contributed by atoms with Gasteiger partial charge in [-0.15, -0.1) is 0 Å². The van der Waals surface area contributed by atoms with Crippen LogP contribution in [0.4, 0.5) is 0 Å². The van der Waals surface area contributed by atoms with Crippen LogP contribution in [0.1, 0.15) is 54.4 Å². The summed E-state index contributed by atoms with van der Waals surface area (Å²) in [5, 5.41) is 0. The van der Waals surface area contributed by atoms with Crippen LogP contribution in [0.25, 0.3) is 0 Å². The van der Waals surface area contributed by atoms with E-state index in [1.165, 1.54) is 24.2 Å². The van der Waals surface area contributed by atoms with Gasteiger partial charge in [-0.05, 0) is 60.5 Å². The van der Waals surface area contributed by atoms with Crippen molar-refractivity contribution in [3.05, 3.63) is 12.3 Å². The van der Waals surface area contributed by atoms with Gasteiger partial charge in [-0.1, -0.05) is 0 Å². The first-order valence-electron chi connectivity index (χ1n) is 11.3. The van der Waals surface area contributed by atoms with Gasteiger partial charge in [-0.3, -0.25) is 28.8 Å². The highest BCUT2D eigenvalue weighted by molar-refractivity contribution is 7.48. The number of nitrogens with two attached hydrogens (primary N) is 1. The summed E-state index contributed by atoms with van der Waals surface area (Å²) in [6, 6.07) is 0. The van der Waals surface area contributed by atoms with Gasteiger partial charge in [-0.2, -0.15) is 0 Å². The molecule has 1 rings (SSSR count). The standard InChI is InChI=1S/C22H38N3O10P/c1-21(2,3)19(27)30-14-33-36(29,34-15-31-20(28)22(4,5)6)32-12-16-8-9-18(35-16)25(13-26)11-10-17(23)24-7/h10-11,13,16,18H,8-9,12,14-15H2,1-7H3,(H2,23,24)/b11-10-. The highest BCUT2D eigenvalue weighted by Gasteiger charge is 2.35. The van der Waals surface area contributed by atoms with Gasteiger partial charge in [0.1, 0.15) is 12.1 Å². The maximum atomic E-state index is 13.1. The Labute approximate surface area is 211 Å². The lowest BCUT2D eigenvalue weighted by molar-refractivity contribution is -0.163. The number of esters is 2. The van der Waals surface area contributed by atoms with Gasteiger partial charge in [0.2, 0.25) is 20.0 Å². The molecular formula is C22H38N3O10P. The minimum Gasteiger partial charge on any atom is -0.437 e. The number of ether oxygens (including phenoxy) is 3. The normalized spacial score (nSPS) is 19.4. The van der Waals surface area contributed by atoms with E-state index in [-0.39, 0.29) is 12.4 Å². The summed E-state index contributed by atoms with van der Waals surface area (Å²) in [6.45, 7) is 8.20. The predicted octanol–water partition coefficient (Wildman–Crippen LogP) is 2.70. The van der Waals surface area contributed by atoms with E-state index in [1.807, 2.05) is 0 Å². The third-order valence-electron chi connectivity index (χ3n) is 4.66. The quantitative estimate of drug-likeness (QED) is 0.0920. The third kappa shape index (κ3) is 11.2. The average Bonchev–Trinajstić information content (AvgIpc) is 3.25. The lowest BCUT2D eigenvalue weighted by Crippen LogP contribution is -2.31. The molecule has 1 aliphatic heterocycles. The zero-order valence-electron chi connectivity index (χ0n) is 21.9. The van der Waals surface area contributed by atoms with Crippen molar-refractivity contribution in [3.63, 3.8) is 0 Å². The molecule has 1 aliphatic rings. The van der Waals surface area contributed by atoms with Crippen LogP contribution in [0, 0.1) is 10.8 Å². The van der Waals surface area contributed by atoms with Crippen molar-refractivity contribution < 1.29 is 46.7 Å². The van der Waals surface area contributed by atoms with Crippen LogP contribution in [0.15, 0.2) is 17.3 Å². The fourth-order valence-corrected chi connectivity index (χ4v) is 3.41. The molecule has 0 aliphatic carbocycles. The lowest BCUT2D eigenvalue weighted by Gasteiger charge is -2.23. The van der Waals surface area contributed by atoms with Crippen molar-refractivity contribution in [3.8, 4) is 0 Å². The molecule has 1 fully saturated rings. The number of rotatable bonds is 13. The van der Waals surface area contributed by atoms with Crippen LogP contribution in [-0.4, -0.2) is 68.7 Å². The minimum absolute atomic E-state index is 0.231. The largest absolute Gasteiger partial charge is 0.480 e. The first kappa shape index (κ1) is 31.7. The van der Waals surface area contributed by atoms with Crippen molar-refractivity contribution in [1.82, 2.24) is 4.90 Å². The molecule has 1 heterocycles. The molecule has 0 aromatic rings. The van der Waals surface area contributed by atoms with Crippen molar-refractivity contribution >= 4 is 32.0 Å². The zero-order chi connectivity index (χ0) is 27.6. The SMILES string of the molecule is CN=C(N)/C=C\N(C=O)C1CCC(COP(=O)(OCOC(=O)C(C)(C)C)OCOC(=O)C(C)(C)C)O1. The molecule has 2 atom stereocenters. The molecule has 206 valence electrons. The number of phosphoric acid groups is 1. The van der Waals surface area contributed by atoms with Crippen molar-refractivity contribution in [2.24, 2.45) is 21.6 Å². The van der Waals surface area contributed by atoms with Gasteiger partial charge in [0.15, 0.2) is 0 Å². The molecule has 0 aromatic carbocycles. The smallest absolute Gasteiger partial charge is 0.437 e. The summed E-state index contributed by atoms with van der Waals surface area (Å²) in [4.78, 5) is 40.4. The molecule has 0 spiro atoms. The number of hydrogen-bond donors (Lipinski definition) is 1. The van der Waals surface area contributed by atoms with Crippen LogP contribution < -0.4 is 5.73 Å². The van der Waals surface area contributed by atoms with E-state index < -0.39 is 56.5 Å². The van der Waals surface area contributed by atoms with Crippen molar-refractivity contribution in [2.75, 3.05) is 27.2 Å². The van der Waals surface area contributed by atoms with E-state index in [0.717, 1.165) is 0 Å². The Kier molecular flexibility index (Phi) is 12.2. The maximum Gasteiger partial charge on any atom is 0.480 e. The summed E-state index contributed by atoms with van der Waals surface area (Å²) in [5.41, 5.74) is 3.98. The molecule has 0 bridgehead atoms.